The third-order valence-electron chi connectivity index (χ3n) is 8.99. The van der Waals surface area contributed by atoms with Crippen LogP contribution in [0.2, 0.25) is 0 Å². The van der Waals surface area contributed by atoms with Crippen LogP contribution in [0.15, 0.2) is 72.1 Å². The van der Waals surface area contributed by atoms with Gasteiger partial charge in [0.15, 0.2) is 0 Å². The topological polar surface area (TPSA) is 6.48 Å². The average Bonchev–Trinajstić information content (AvgIpc) is 3.15. The molecule has 2 fully saturated rings. The van der Waals surface area contributed by atoms with Crippen LogP contribution in [0.3, 0.4) is 0 Å². The van der Waals surface area contributed by atoms with Gasteiger partial charge in [-0.2, -0.15) is 0 Å². The number of nitrogens with zero attached hydrogens (tertiary/aromatic N) is 2. The smallest absolute Gasteiger partial charge is 0.0657 e. The highest BCUT2D eigenvalue weighted by Crippen LogP contribution is 2.58. The van der Waals surface area contributed by atoms with Crippen LogP contribution in [0.4, 0.5) is 11.4 Å². The molecule has 0 saturated heterocycles. The minimum absolute atomic E-state index is 0.210. The molecular formula is C28H30N2. The predicted molar refractivity (Wildman–Crippen MR) is 124 cm³/mol. The fourth-order valence-electron chi connectivity index (χ4n) is 7.78. The van der Waals surface area contributed by atoms with Gasteiger partial charge in [0.1, 0.15) is 0 Å². The van der Waals surface area contributed by atoms with E-state index >= 15 is 0 Å². The second kappa shape index (κ2) is 5.60. The Kier molecular flexibility index (Phi) is 3.22. The van der Waals surface area contributed by atoms with E-state index in [9.17, 15) is 0 Å². The minimum Gasteiger partial charge on any atom is -0.340 e. The van der Waals surface area contributed by atoms with E-state index in [-0.39, 0.29) is 10.8 Å². The van der Waals surface area contributed by atoms with Gasteiger partial charge in [-0.25, -0.2) is 0 Å². The molecule has 0 spiro atoms. The lowest BCUT2D eigenvalue weighted by molar-refractivity contribution is 0.327. The number of anilines is 2. The summed E-state index contributed by atoms with van der Waals surface area (Å²) >= 11 is 0. The molecule has 2 saturated carbocycles. The zero-order chi connectivity index (χ0) is 20.1. The van der Waals surface area contributed by atoms with Crippen LogP contribution in [-0.2, 0) is 10.8 Å². The maximum atomic E-state index is 2.68. The summed E-state index contributed by atoms with van der Waals surface area (Å²) in [6, 6.07) is 19.3. The first kappa shape index (κ1) is 17.2. The molecule has 152 valence electrons. The van der Waals surface area contributed by atoms with Crippen molar-refractivity contribution >= 4 is 11.4 Å². The summed E-state index contributed by atoms with van der Waals surface area (Å²) in [7, 11) is 0. The summed E-state index contributed by atoms with van der Waals surface area (Å²) in [5, 5.41) is 0. The average molecular weight is 395 g/mol. The molecule has 2 aromatic rings. The van der Waals surface area contributed by atoms with Gasteiger partial charge in [-0.3, -0.25) is 0 Å². The van der Waals surface area contributed by atoms with E-state index in [1.165, 1.54) is 49.9 Å². The first-order valence-corrected chi connectivity index (χ1v) is 11.8. The highest BCUT2D eigenvalue weighted by atomic mass is 15.2. The molecule has 5 aliphatic rings. The van der Waals surface area contributed by atoms with Crippen LogP contribution in [0.1, 0.15) is 63.5 Å². The standard InChI is InChI=1S/C28H30N2/c1-27-15-7-9-19-17-30-24-14-6-4-12-22(24)28(2)16-8-10-20(26(28)30)18-29(25(19)27)23-13-5-3-11-21(23)27/h3-6,11-14,17-18,25-26H,7-10,15-16H2,1-2H3. The van der Waals surface area contributed by atoms with Crippen LogP contribution < -0.4 is 9.80 Å². The third-order valence-corrected chi connectivity index (χ3v) is 8.99. The van der Waals surface area contributed by atoms with Crippen molar-refractivity contribution in [1.82, 2.24) is 0 Å². The molecule has 0 radical (unpaired) electrons. The molecule has 0 N–H and O–H groups in total. The van der Waals surface area contributed by atoms with Crippen LogP contribution in [-0.4, -0.2) is 12.1 Å². The highest BCUT2D eigenvalue weighted by Gasteiger charge is 2.55. The van der Waals surface area contributed by atoms with Gasteiger partial charge < -0.3 is 9.80 Å². The van der Waals surface area contributed by atoms with Crippen LogP contribution >= 0.6 is 0 Å². The molecule has 0 aromatic heterocycles. The summed E-state index contributed by atoms with van der Waals surface area (Å²) in [4.78, 5) is 5.36. The molecule has 7 rings (SSSR count). The van der Waals surface area contributed by atoms with Crippen molar-refractivity contribution in [1.29, 1.82) is 0 Å². The Morgan fingerprint density at radius 1 is 0.667 bits per heavy atom. The molecular weight excluding hydrogens is 364 g/mol. The molecule has 4 atom stereocenters. The van der Waals surface area contributed by atoms with Gasteiger partial charge in [-0.15, -0.1) is 0 Å². The Balaban J connectivity index is 1.51. The van der Waals surface area contributed by atoms with Crippen molar-refractivity contribution in [2.24, 2.45) is 0 Å². The first-order valence-electron chi connectivity index (χ1n) is 11.8. The molecule has 0 amide bonds. The van der Waals surface area contributed by atoms with Gasteiger partial charge in [-0.1, -0.05) is 50.2 Å². The Morgan fingerprint density at radius 3 is 1.57 bits per heavy atom. The Hall–Kier alpha value is -2.48. The van der Waals surface area contributed by atoms with Gasteiger partial charge in [0.25, 0.3) is 0 Å². The highest BCUT2D eigenvalue weighted by molar-refractivity contribution is 5.74. The zero-order valence-corrected chi connectivity index (χ0v) is 18.1. The number of hydrogen-bond acceptors (Lipinski definition) is 2. The monoisotopic (exact) mass is 394 g/mol. The Labute approximate surface area is 179 Å². The van der Waals surface area contributed by atoms with Gasteiger partial charge >= 0.3 is 0 Å². The number of benzene rings is 2. The summed E-state index contributed by atoms with van der Waals surface area (Å²) in [6.45, 7) is 5.04. The van der Waals surface area contributed by atoms with Crippen molar-refractivity contribution in [2.75, 3.05) is 9.80 Å². The van der Waals surface area contributed by atoms with E-state index in [1.807, 2.05) is 0 Å². The van der Waals surface area contributed by atoms with Crippen LogP contribution in [0.5, 0.6) is 0 Å². The molecule has 2 heteroatoms. The van der Waals surface area contributed by atoms with Crippen LogP contribution in [0, 0.1) is 0 Å². The van der Waals surface area contributed by atoms with Crippen molar-refractivity contribution in [3.05, 3.63) is 83.2 Å². The van der Waals surface area contributed by atoms with Crippen molar-refractivity contribution in [2.45, 2.75) is 75.3 Å². The quantitative estimate of drug-likeness (QED) is 0.508. The number of para-hydroxylation sites is 2. The van der Waals surface area contributed by atoms with E-state index in [0.717, 1.165) is 0 Å². The number of hydrogen-bond donors (Lipinski definition) is 0. The molecule has 3 heterocycles. The van der Waals surface area contributed by atoms with E-state index in [1.54, 1.807) is 22.3 Å². The molecule has 2 nitrogen and oxygen atoms in total. The SMILES string of the molecule is CC12CCCC3=CN4c5ccccc5C5(C)CCCC(=CN(c6ccccc61)C32)C45. The van der Waals surface area contributed by atoms with Crippen molar-refractivity contribution < 1.29 is 0 Å². The largest absolute Gasteiger partial charge is 0.340 e. The van der Waals surface area contributed by atoms with Crippen LogP contribution in [0.25, 0.3) is 0 Å². The fourth-order valence-corrected chi connectivity index (χ4v) is 7.78. The summed E-state index contributed by atoms with van der Waals surface area (Å²) < 4.78 is 0. The zero-order valence-electron chi connectivity index (χ0n) is 18.1. The Bertz CT molecular complexity index is 1040. The second-order valence-corrected chi connectivity index (χ2v) is 10.6. The maximum Gasteiger partial charge on any atom is 0.0657 e. The summed E-state index contributed by atoms with van der Waals surface area (Å²) in [6.07, 6.45) is 12.8. The normalized spacial score (nSPS) is 35.4. The van der Waals surface area contributed by atoms with Gasteiger partial charge in [0.05, 0.1) is 12.1 Å². The minimum atomic E-state index is 0.210. The van der Waals surface area contributed by atoms with Gasteiger partial charge in [0.2, 0.25) is 0 Å². The van der Waals surface area contributed by atoms with Crippen molar-refractivity contribution in [3.8, 4) is 0 Å². The molecule has 2 aliphatic carbocycles. The molecule has 2 aromatic carbocycles. The summed E-state index contributed by atoms with van der Waals surface area (Å²) in [5.74, 6) is 0. The molecule has 0 bridgehead atoms. The molecule has 4 unspecified atom stereocenters. The maximum absolute atomic E-state index is 2.68. The first-order chi connectivity index (χ1) is 14.6. The Morgan fingerprint density at radius 2 is 1.10 bits per heavy atom. The predicted octanol–water partition coefficient (Wildman–Crippen LogP) is 6.43. The number of rotatable bonds is 0. The lowest BCUT2D eigenvalue weighted by Gasteiger charge is -2.47. The summed E-state index contributed by atoms with van der Waals surface area (Å²) in [5.41, 5.74) is 9.67. The fraction of sp³-hybridized carbons (Fsp3) is 0.429. The lowest BCUT2D eigenvalue weighted by Crippen LogP contribution is -2.50. The van der Waals surface area contributed by atoms with Crippen molar-refractivity contribution in [3.63, 3.8) is 0 Å². The van der Waals surface area contributed by atoms with E-state index in [4.69, 9.17) is 0 Å². The van der Waals surface area contributed by atoms with E-state index in [2.05, 4.69) is 84.6 Å². The molecule has 30 heavy (non-hydrogen) atoms. The van der Waals surface area contributed by atoms with Gasteiger partial charge in [-0.05, 0) is 72.9 Å². The molecule has 3 aliphatic heterocycles. The number of fused-ring (bicyclic) bond motifs is 6. The lowest BCUT2D eigenvalue weighted by atomic mass is 9.66. The second-order valence-electron chi connectivity index (χ2n) is 10.6. The van der Waals surface area contributed by atoms with E-state index < -0.39 is 0 Å². The van der Waals surface area contributed by atoms with Gasteiger partial charge in [0, 0.05) is 34.6 Å². The third kappa shape index (κ3) is 1.91. The van der Waals surface area contributed by atoms with E-state index in [0.29, 0.717) is 12.1 Å².